The number of methoxy groups -OCH3 is 1. The minimum atomic E-state index is -1.32. The van der Waals surface area contributed by atoms with Crippen LogP contribution >= 0.6 is 0 Å². The van der Waals surface area contributed by atoms with Gasteiger partial charge in [-0.1, -0.05) is 30.3 Å². The monoisotopic (exact) mass is 195 g/mol. The smallest absolute Gasteiger partial charge is 0.336 e. The first-order chi connectivity index (χ1) is 6.66. The molecule has 0 saturated heterocycles. The minimum Gasteiger partial charge on any atom is -0.467 e. The number of esters is 1. The summed E-state index contributed by atoms with van der Waals surface area (Å²) in [5, 5.41) is 9.44. The first-order valence-corrected chi connectivity index (χ1v) is 4.23. The van der Waals surface area contributed by atoms with Gasteiger partial charge < -0.3 is 15.6 Å². The van der Waals surface area contributed by atoms with Gasteiger partial charge in [-0.05, 0) is 5.56 Å². The summed E-state index contributed by atoms with van der Waals surface area (Å²) in [6, 6.07) is 8.16. The summed E-state index contributed by atoms with van der Waals surface area (Å²) in [5.74, 6) is -0.721. The van der Waals surface area contributed by atoms with Crippen LogP contribution in [-0.2, 0) is 9.53 Å². The molecule has 1 rings (SSSR count). The number of aliphatic hydroxyl groups is 1. The van der Waals surface area contributed by atoms with E-state index >= 15 is 0 Å². The highest BCUT2D eigenvalue weighted by Gasteiger charge is 2.24. The third-order valence-electron chi connectivity index (χ3n) is 1.97. The van der Waals surface area contributed by atoms with Crippen LogP contribution in [0.3, 0.4) is 0 Å². The molecule has 76 valence electrons. The lowest BCUT2D eigenvalue weighted by Gasteiger charge is -2.16. The number of rotatable bonds is 3. The zero-order valence-corrected chi connectivity index (χ0v) is 7.88. The molecule has 1 aromatic carbocycles. The van der Waals surface area contributed by atoms with Gasteiger partial charge in [0, 0.05) is 0 Å². The third-order valence-corrected chi connectivity index (χ3v) is 1.97. The number of hydrogen-bond donors (Lipinski definition) is 2. The van der Waals surface area contributed by atoms with E-state index in [0.29, 0.717) is 5.56 Å². The predicted octanol–water partition coefficient (Wildman–Crippen LogP) is 0.220. The van der Waals surface area contributed by atoms with E-state index in [1.165, 1.54) is 7.11 Å². The summed E-state index contributed by atoms with van der Waals surface area (Å²) in [6.07, 6.45) is -1.32. The van der Waals surface area contributed by atoms with E-state index in [0.717, 1.165) is 0 Å². The lowest BCUT2D eigenvalue weighted by atomic mass is 10.0. The Hall–Kier alpha value is -1.39. The van der Waals surface area contributed by atoms with Crippen molar-refractivity contribution in [3.05, 3.63) is 35.9 Å². The molecule has 0 heterocycles. The molecule has 0 radical (unpaired) electrons. The fourth-order valence-electron chi connectivity index (χ4n) is 1.12. The molecule has 0 aliphatic heterocycles. The Balaban J connectivity index is 2.75. The first kappa shape index (κ1) is 10.7. The molecule has 0 aliphatic rings. The second-order valence-electron chi connectivity index (χ2n) is 2.90. The molecule has 0 aromatic heterocycles. The van der Waals surface area contributed by atoms with Crippen molar-refractivity contribution in [1.29, 1.82) is 0 Å². The Morgan fingerprint density at radius 3 is 2.50 bits per heavy atom. The van der Waals surface area contributed by atoms with Gasteiger partial charge in [-0.25, -0.2) is 4.79 Å². The van der Waals surface area contributed by atoms with Crippen LogP contribution in [0.4, 0.5) is 0 Å². The standard InChI is InChI=1S/C10H13NO3/c1-14-10(13)9(12)8(11)7-5-3-2-4-6-7/h2-6,8-9,12H,11H2,1H3. The molecule has 2 unspecified atom stereocenters. The maximum Gasteiger partial charge on any atom is 0.336 e. The van der Waals surface area contributed by atoms with E-state index in [4.69, 9.17) is 5.73 Å². The summed E-state index contributed by atoms with van der Waals surface area (Å²) in [5.41, 5.74) is 6.36. The Labute approximate surface area is 82.3 Å². The molecule has 2 atom stereocenters. The van der Waals surface area contributed by atoms with Crippen LogP contribution in [0.1, 0.15) is 11.6 Å². The van der Waals surface area contributed by atoms with Crippen LogP contribution in [0.15, 0.2) is 30.3 Å². The SMILES string of the molecule is COC(=O)C(O)C(N)c1ccccc1. The van der Waals surface area contributed by atoms with Gasteiger partial charge in [0.2, 0.25) is 0 Å². The Morgan fingerprint density at radius 1 is 1.43 bits per heavy atom. The molecule has 0 saturated carbocycles. The molecule has 0 spiro atoms. The summed E-state index contributed by atoms with van der Waals surface area (Å²) in [6.45, 7) is 0. The van der Waals surface area contributed by atoms with Crippen LogP contribution < -0.4 is 5.73 Å². The lowest BCUT2D eigenvalue weighted by molar-refractivity contribution is -0.151. The van der Waals surface area contributed by atoms with Gasteiger partial charge in [-0.2, -0.15) is 0 Å². The van der Waals surface area contributed by atoms with Crippen molar-refractivity contribution in [3.63, 3.8) is 0 Å². The van der Waals surface area contributed by atoms with E-state index in [1.54, 1.807) is 24.3 Å². The summed E-state index contributed by atoms with van der Waals surface area (Å²) >= 11 is 0. The van der Waals surface area contributed by atoms with Gasteiger partial charge in [0.25, 0.3) is 0 Å². The van der Waals surface area contributed by atoms with Crippen molar-refractivity contribution >= 4 is 5.97 Å². The van der Waals surface area contributed by atoms with E-state index in [2.05, 4.69) is 4.74 Å². The van der Waals surface area contributed by atoms with Crippen molar-refractivity contribution < 1.29 is 14.6 Å². The Morgan fingerprint density at radius 2 is 2.00 bits per heavy atom. The highest BCUT2D eigenvalue weighted by atomic mass is 16.5. The molecule has 0 aliphatic carbocycles. The van der Waals surface area contributed by atoms with Gasteiger partial charge in [-0.15, -0.1) is 0 Å². The van der Waals surface area contributed by atoms with Gasteiger partial charge in [0.15, 0.2) is 6.10 Å². The molecule has 0 bridgehead atoms. The van der Waals surface area contributed by atoms with Gasteiger partial charge in [0.1, 0.15) is 0 Å². The molecule has 4 nitrogen and oxygen atoms in total. The van der Waals surface area contributed by atoms with E-state index in [9.17, 15) is 9.90 Å². The van der Waals surface area contributed by atoms with Crippen LogP contribution in [0, 0.1) is 0 Å². The average molecular weight is 195 g/mol. The number of carbonyl (C=O) groups is 1. The maximum absolute atomic E-state index is 11.0. The molecular formula is C10H13NO3. The topological polar surface area (TPSA) is 72.5 Å². The Bertz CT molecular complexity index is 299. The number of benzene rings is 1. The largest absolute Gasteiger partial charge is 0.467 e. The number of hydrogen-bond acceptors (Lipinski definition) is 4. The fraction of sp³-hybridized carbons (Fsp3) is 0.300. The molecule has 0 fully saturated rings. The molecule has 3 N–H and O–H groups in total. The van der Waals surface area contributed by atoms with Gasteiger partial charge >= 0.3 is 5.97 Å². The molecule has 1 aromatic rings. The van der Waals surface area contributed by atoms with Crippen LogP contribution in [0.2, 0.25) is 0 Å². The van der Waals surface area contributed by atoms with Crippen molar-refractivity contribution in [3.8, 4) is 0 Å². The van der Waals surface area contributed by atoms with Crippen molar-refractivity contribution in [2.45, 2.75) is 12.1 Å². The van der Waals surface area contributed by atoms with Gasteiger partial charge in [-0.3, -0.25) is 0 Å². The first-order valence-electron chi connectivity index (χ1n) is 4.23. The second-order valence-corrected chi connectivity index (χ2v) is 2.90. The second kappa shape index (κ2) is 4.74. The highest BCUT2D eigenvalue weighted by molar-refractivity contribution is 5.75. The number of ether oxygens (including phenoxy) is 1. The average Bonchev–Trinajstić information content (AvgIpc) is 2.27. The fourth-order valence-corrected chi connectivity index (χ4v) is 1.12. The van der Waals surface area contributed by atoms with Crippen LogP contribution in [0.5, 0.6) is 0 Å². The number of aliphatic hydroxyl groups excluding tert-OH is 1. The quantitative estimate of drug-likeness (QED) is 0.677. The van der Waals surface area contributed by atoms with E-state index in [-0.39, 0.29) is 0 Å². The van der Waals surface area contributed by atoms with E-state index in [1.807, 2.05) is 6.07 Å². The highest BCUT2D eigenvalue weighted by Crippen LogP contribution is 2.14. The normalized spacial score (nSPS) is 14.5. The molecular weight excluding hydrogens is 182 g/mol. The molecule has 4 heteroatoms. The lowest BCUT2D eigenvalue weighted by Crippen LogP contribution is -2.34. The summed E-state index contributed by atoms with van der Waals surface area (Å²) < 4.78 is 4.39. The van der Waals surface area contributed by atoms with Crippen LogP contribution in [-0.4, -0.2) is 24.3 Å². The number of carbonyl (C=O) groups excluding carboxylic acids is 1. The molecule has 0 amide bonds. The molecule has 14 heavy (non-hydrogen) atoms. The zero-order valence-electron chi connectivity index (χ0n) is 7.88. The Kier molecular flexibility index (Phi) is 3.62. The maximum atomic E-state index is 11.0. The number of nitrogens with two attached hydrogens (primary N) is 1. The minimum absolute atomic E-state index is 0.699. The summed E-state index contributed by atoms with van der Waals surface area (Å²) in [4.78, 5) is 11.0. The van der Waals surface area contributed by atoms with Gasteiger partial charge in [0.05, 0.1) is 13.2 Å². The van der Waals surface area contributed by atoms with Crippen molar-refractivity contribution in [2.24, 2.45) is 5.73 Å². The predicted molar refractivity (Wildman–Crippen MR) is 51.4 cm³/mol. The van der Waals surface area contributed by atoms with Crippen LogP contribution in [0.25, 0.3) is 0 Å². The third kappa shape index (κ3) is 2.31. The van der Waals surface area contributed by atoms with Crippen molar-refractivity contribution in [2.75, 3.05) is 7.11 Å². The van der Waals surface area contributed by atoms with Crippen molar-refractivity contribution in [1.82, 2.24) is 0 Å². The zero-order chi connectivity index (χ0) is 10.6. The van der Waals surface area contributed by atoms with E-state index < -0.39 is 18.1 Å². The summed E-state index contributed by atoms with van der Waals surface area (Å²) in [7, 11) is 1.21.